The second-order valence-electron chi connectivity index (χ2n) is 4.69. The second kappa shape index (κ2) is 4.99. The lowest BCUT2D eigenvalue weighted by molar-refractivity contribution is 0.168. The molecule has 0 bridgehead atoms. The summed E-state index contributed by atoms with van der Waals surface area (Å²) in [7, 11) is -3.06. The van der Waals surface area contributed by atoms with Crippen LogP contribution in [0.5, 0.6) is 0 Å². The van der Waals surface area contributed by atoms with Crippen molar-refractivity contribution in [3.05, 3.63) is 17.3 Å². The molecule has 0 spiro atoms. The number of piperazine rings is 1. The average Bonchev–Trinajstić information content (AvgIpc) is 2.57. The molecule has 0 amide bonds. The fraction of sp³-hybridized carbons (Fsp3) is 0.727. The van der Waals surface area contributed by atoms with Gasteiger partial charge in [-0.3, -0.25) is 4.90 Å². The summed E-state index contributed by atoms with van der Waals surface area (Å²) >= 11 is 0. The molecule has 1 fully saturated rings. The van der Waals surface area contributed by atoms with Gasteiger partial charge in [0.05, 0.1) is 18.5 Å². The first-order valence-corrected chi connectivity index (χ1v) is 7.81. The highest BCUT2D eigenvalue weighted by atomic mass is 32.2. The van der Waals surface area contributed by atoms with Crippen molar-refractivity contribution in [1.29, 1.82) is 0 Å². The summed E-state index contributed by atoms with van der Waals surface area (Å²) in [6, 6.07) is 0. The number of rotatable bonds is 3. The molecule has 1 aromatic heterocycles. The van der Waals surface area contributed by atoms with Gasteiger partial charge < -0.3 is 4.42 Å². The van der Waals surface area contributed by atoms with Crippen molar-refractivity contribution in [3.8, 4) is 0 Å². The zero-order chi connectivity index (χ0) is 13.3. The lowest BCUT2D eigenvalue weighted by Crippen LogP contribution is -2.47. The average molecular weight is 273 g/mol. The minimum Gasteiger partial charge on any atom is -0.444 e. The first kappa shape index (κ1) is 13.5. The molecule has 1 aliphatic rings. The van der Waals surface area contributed by atoms with Gasteiger partial charge in [-0.25, -0.2) is 13.4 Å². The Morgan fingerprint density at radius 2 is 1.83 bits per heavy atom. The molecule has 2 heterocycles. The molecular weight excluding hydrogens is 254 g/mol. The van der Waals surface area contributed by atoms with Crippen molar-refractivity contribution in [3.63, 3.8) is 0 Å². The molecule has 0 saturated carbocycles. The van der Waals surface area contributed by atoms with Crippen LogP contribution >= 0.6 is 0 Å². The predicted octanol–water partition coefficient (Wildman–Crippen LogP) is 0.369. The number of nitrogens with zero attached hydrogens (tertiary/aromatic N) is 3. The summed E-state index contributed by atoms with van der Waals surface area (Å²) < 4.78 is 29.8. The quantitative estimate of drug-likeness (QED) is 0.796. The van der Waals surface area contributed by atoms with Crippen LogP contribution in [0, 0.1) is 13.8 Å². The normalized spacial score (nSPS) is 19.3. The summed E-state index contributed by atoms with van der Waals surface area (Å²) in [5.74, 6) is 1.55. The van der Waals surface area contributed by atoms with Crippen LogP contribution in [0.3, 0.4) is 0 Å². The fourth-order valence-corrected chi connectivity index (χ4v) is 2.84. The largest absolute Gasteiger partial charge is 0.444 e. The molecule has 6 nitrogen and oxygen atoms in total. The van der Waals surface area contributed by atoms with E-state index in [1.54, 1.807) is 0 Å². The highest BCUT2D eigenvalue weighted by Crippen LogP contribution is 2.13. The highest BCUT2D eigenvalue weighted by molar-refractivity contribution is 7.88. The zero-order valence-corrected chi connectivity index (χ0v) is 11.8. The molecule has 18 heavy (non-hydrogen) atoms. The van der Waals surface area contributed by atoms with Gasteiger partial charge in [-0.1, -0.05) is 0 Å². The lowest BCUT2D eigenvalue weighted by atomic mass is 10.3. The Hall–Kier alpha value is -0.920. The standard InChI is InChI=1S/C11H19N3O3S/c1-9-10(2)17-11(12-9)8-13-4-6-14(7-5-13)18(3,15)16/h4-8H2,1-3H3. The van der Waals surface area contributed by atoms with Gasteiger partial charge in [0.2, 0.25) is 15.9 Å². The SMILES string of the molecule is Cc1nc(CN2CCN(S(C)(=O)=O)CC2)oc1C. The maximum atomic E-state index is 11.4. The number of aromatic nitrogens is 1. The van der Waals surface area contributed by atoms with E-state index in [1.807, 2.05) is 13.8 Å². The molecule has 0 N–H and O–H groups in total. The molecule has 102 valence electrons. The molecule has 1 saturated heterocycles. The first-order valence-electron chi connectivity index (χ1n) is 5.96. The van der Waals surface area contributed by atoms with Crippen LogP contribution in [0.1, 0.15) is 17.3 Å². The summed E-state index contributed by atoms with van der Waals surface area (Å²) in [4.78, 5) is 6.49. The highest BCUT2D eigenvalue weighted by Gasteiger charge is 2.24. The van der Waals surface area contributed by atoms with Crippen LogP contribution in [0.15, 0.2) is 4.42 Å². The second-order valence-corrected chi connectivity index (χ2v) is 6.67. The van der Waals surface area contributed by atoms with Crippen LogP contribution in [0.25, 0.3) is 0 Å². The van der Waals surface area contributed by atoms with Crippen molar-refractivity contribution in [2.75, 3.05) is 32.4 Å². The third-order valence-corrected chi connectivity index (χ3v) is 4.54. The van der Waals surface area contributed by atoms with Crippen molar-refractivity contribution >= 4 is 10.0 Å². The van der Waals surface area contributed by atoms with E-state index in [0.717, 1.165) is 11.5 Å². The molecule has 7 heteroatoms. The van der Waals surface area contributed by atoms with Gasteiger partial charge in [0.15, 0.2) is 0 Å². The van der Waals surface area contributed by atoms with Crippen LogP contribution < -0.4 is 0 Å². The van der Waals surface area contributed by atoms with Crippen molar-refractivity contribution in [2.24, 2.45) is 0 Å². The van der Waals surface area contributed by atoms with Crippen LogP contribution in [-0.2, 0) is 16.6 Å². The topological polar surface area (TPSA) is 66.7 Å². The number of hydrogen-bond acceptors (Lipinski definition) is 5. The Kier molecular flexibility index (Phi) is 3.74. The maximum absolute atomic E-state index is 11.4. The number of oxazole rings is 1. The van der Waals surface area contributed by atoms with E-state index in [1.165, 1.54) is 10.6 Å². The summed E-state index contributed by atoms with van der Waals surface area (Å²) in [6.45, 7) is 6.97. The smallest absolute Gasteiger partial charge is 0.211 e. The zero-order valence-electron chi connectivity index (χ0n) is 11.0. The van der Waals surface area contributed by atoms with E-state index in [2.05, 4.69) is 9.88 Å². The van der Waals surface area contributed by atoms with Gasteiger partial charge in [-0.05, 0) is 13.8 Å². The number of sulfonamides is 1. The summed E-state index contributed by atoms with van der Waals surface area (Å²) in [6.07, 6.45) is 1.25. The summed E-state index contributed by atoms with van der Waals surface area (Å²) in [5, 5.41) is 0. The van der Waals surface area contributed by atoms with Gasteiger partial charge in [-0.15, -0.1) is 0 Å². The van der Waals surface area contributed by atoms with E-state index in [4.69, 9.17) is 4.42 Å². The van der Waals surface area contributed by atoms with Crippen LogP contribution in [0.2, 0.25) is 0 Å². The van der Waals surface area contributed by atoms with Gasteiger partial charge in [0.1, 0.15) is 5.76 Å². The third-order valence-electron chi connectivity index (χ3n) is 3.23. The first-order chi connectivity index (χ1) is 8.36. The van der Waals surface area contributed by atoms with E-state index in [0.29, 0.717) is 38.6 Å². The van der Waals surface area contributed by atoms with E-state index >= 15 is 0 Å². The van der Waals surface area contributed by atoms with E-state index < -0.39 is 10.0 Å². The van der Waals surface area contributed by atoms with Gasteiger partial charge in [0.25, 0.3) is 0 Å². The molecular formula is C11H19N3O3S. The minimum atomic E-state index is -3.06. The van der Waals surface area contributed by atoms with Gasteiger partial charge in [-0.2, -0.15) is 4.31 Å². The van der Waals surface area contributed by atoms with Gasteiger partial charge >= 0.3 is 0 Å². The Morgan fingerprint density at radius 3 is 2.28 bits per heavy atom. The molecule has 0 atom stereocenters. The molecule has 1 aliphatic heterocycles. The van der Waals surface area contributed by atoms with Gasteiger partial charge in [0, 0.05) is 26.2 Å². The molecule has 0 radical (unpaired) electrons. The fourth-order valence-electron chi connectivity index (χ4n) is 2.02. The monoisotopic (exact) mass is 273 g/mol. The summed E-state index contributed by atoms with van der Waals surface area (Å²) in [5.41, 5.74) is 0.916. The van der Waals surface area contributed by atoms with Crippen molar-refractivity contribution < 1.29 is 12.8 Å². The molecule has 0 unspecified atom stereocenters. The van der Waals surface area contributed by atoms with Crippen molar-refractivity contribution in [2.45, 2.75) is 20.4 Å². The molecule has 0 aliphatic carbocycles. The predicted molar refractivity (Wildman–Crippen MR) is 67.7 cm³/mol. The number of hydrogen-bond donors (Lipinski definition) is 0. The molecule has 0 aromatic carbocycles. The molecule has 2 rings (SSSR count). The Labute approximate surface area is 108 Å². The Bertz CT molecular complexity index is 496. The van der Waals surface area contributed by atoms with Crippen LogP contribution in [0.4, 0.5) is 0 Å². The Morgan fingerprint density at radius 1 is 1.22 bits per heavy atom. The van der Waals surface area contributed by atoms with Crippen LogP contribution in [-0.4, -0.2) is 55.0 Å². The Balaban J connectivity index is 1.91. The third kappa shape index (κ3) is 3.09. The lowest BCUT2D eigenvalue weighted by Gasteiger charge is -2.32. The maximum Gasteiger partial charge on any atom is 0.211 e. The van der Waals surface area contributed by atoms with E-state index in [-0.39, 0.29) is 0 Å². The molecule has 1 aromatic rings. The van der Waals surface area contributed by atoms with Crippen molar-refractivity contribution in [1.82, 2.24) is 14.2 Å². The number of aryl methyl sites for hydroxylation is 2. The minimum absolute atomic E-state index is 0.539. The van der Waals surface area contributed by atoms with E-state index in [9.17, 15) is 8.42 Å².